The molecular weight excluding hydrogens is 400 g/mol. The van der Waals surface area contributed by atoms with Crippen molar-refractivity contribution in [1.82, 2.24) is 20.8 Å². The first-order valence-electron chi connectivity index (χ1n) is 8.78. The Kier molecular flexibility index (Phi) is 7.14. The van der Waals surface area contributed by atoms with Gasteiger partial charge in [0.2, 0.25) is 5.91 Å². The fourth-order valence-electron chi connectivity index (χ4n) is 2.20. The number of carbonyl (C=O) groups is 2. The summed E-state index contributed by atoms with van der Waals surface area (Å²) in [6.07, 6.45) is 1.98. The van der Waals surface area contributed by atoms with E-state index in [1.807, 2.05) is 0 Å². The van der Waals surface area contributed by atoms with E-state index in [4.69, 9.17) is 0 Å². The zero-order chi connectivity index (χ0) is 19.2. The molecular formula is C18H22N4O2S3. The topological polar surface area (TPSA) is 84.0 Å². The minimum Gasteiger partial charge on any atom is -0.335 e. The third-order valence-corrected chi connectivity index (χ3v) is 7.15. The first kappa shape index (κ1) is 20.2. The summed E-state index contributed by atoms with van der Waals surface area (Å²) in [4.78, 5) is 23.3. The third-order valence-electron chi connectivity index (χ3n) is 3.89. The molecule has 0 unspecified atom stereocenters. The predicted molar refractivity (Wildman–Crippen MR) is 110 cm³/mol. The number of amides is 3. The number of benzene rings is 1. The molecule has 0 spiro atoms. The summed E-state index contributed by atoms with van der Waals surface area (Å²) in [7, 11) is 0. The van der Waals surface area contributed by atoms with E-state index < -0.39 is 6.03 Å². The Labute approximate surface area is 171 Å². The van der Waals surface area contributed by atoms with E-state index in [9.17, 15) is 9.59 Å². The van der Waals surface area contributed by atoms with Crippen molar-refractivity contribution in [3.8, 4) is 0 Å². The second kappa shape index (κ2) is 9.57. The smallest absolute Gasteiger partial charge is 0.321 e. The molecule has 0 bridgehead atoms. The van der Waals surface area contributed by atoms with Crippen molar-refractivity contribution < 1.29 is 9.59 Å². The molecule has 9 heteroatoms. The van der Waals surface area contributed by atoms with Gasteiger partial charge >= 0.3 is 6.03 Å². The highest BCUT2D eigenvalue weighted by molar-refractivity contribution is 8.03. The van der Waals surface area contributed by atoms with Crippen LogP contribution in [0.4, 0.5) is 4.79 Å². The maximum absolute atomic E-state index is 11.8. The molecule has 1 aliphatic rings. The van der Waals surface area contributed by atoms with Crippen LogP contribution in [0.25, 0.3) is 0 Å². The highest BCUT2D eigenvalue weighted by Crippen LogP contribution is 2.31. The quantitative estimate of drug-likeness (QED) is 0.625. The van der Waals surface area contributed by atoms with E-state index in [-0.39, 0.29) is 17.7 Å². The molecule has 1 saturated carbocycles. The molecule has 2 aromatic rings. The van der Waals surface area contributed by atoms with Crippen LogP contribution in [0.1, 0.15) is 43.7 Å². The summed E-state index contributed by atoms with van der Waals surface area (Å²) in [6.45, 7) is 4.37. The number of rotatable bonds is 8. The van der Waals surface area contributed by atoms with Crippen LogP contribution < -0.4 is 10.6 Å². The van der Waals surface area contributed by atoms with Gasteiger partial charge in [-0.2, -0.15) is 0 Å². The molecule has 1 fully saturated rings. The summed E-state index contributed by atoms with van der Waals surface area (Å²) in [5.74, 6) is 1.19. The Balaban J connectivity index is 1.40. The highest BCUT2D eigenvalue weighted by atomic mass is 32.2. The van der Waals surface area contributed by atoms with Crippen molar-refractivity contribution in [2.75, 3.05) is 5.75 Å². The number of carbonyl (C=O) groups excluding carboxylic acids is 2. The van der Waals surface area contributed by atoms with Gasteiger partial charge in [0.15, 0.2) is 8.68 Å². The summed E-state index contributed by atoms with van der Waals surface area (Å²) in [6, 6.07) is 8.45. The first-order chi connectivity index (χ1) is 13.0. The van der Waals surface area contributed by atoms with Crippen LogP contribution in [-0.4, -0.2) is 33.9 Å². The summed E-state index contributed by atoms with van der Waals surface area (Å²) in [5, 5.41) is 13.3. The lowest BCUT2D eigenvalue weighted by Gasteiger charge is -2.06. The van der Waals surface area contributed by atoms with Crippen LogP contribution in [0.2, 0.25) is 0 Å². The fraction of sp³-hybridized carbons (Fsp3) is 0.444. The van der Waals surface area contributed by atoms with E-state index in [1.165, 1.54) is 34.2 Å². The largest absolute Gasteiger partial charge is 0.335 e. The van der Waals surface area contributed by atoms with Crippen LogP contribution in [0.5, 0.6) is 0 Å². The van der Waals surface area contributed by atoms with Gasteiger partial charge in [-0.1, -0.05) is 73.0 Å². The molecule has 1 aliphatic carbocycles. The van der Waals surface area contributed by atoms with Gasteiger partial charge in [0, 0.05) is 11.8 Å². The van der Waals surface area contributed by atoms with Crippen molar-refractivity contribution in [3.63, 3.8) is 0 Å². The van der Waals surface area contributed by atoms with Crippen molar-refractivity contribution in [3.05, 3.63) is 35.4 Å². The second-order valence-electron chi connectivity index (χ2n) is 6.60. The van der Waals surface area contributed by atoms with E-state index in [1.54, 1.807) is 11.8 Å². The van der Waals surface area contributed by atoms with Gasteiger partial charge in [-0.25, -0.2) is 4.79 Å². The van der Waals surface area contributed by atoms with Crippen molar-refractivity contribution in [2.45, 2.75) is 53.1 Å². The molecule has 1 heterocycles. The number of hydrogen-bond acceptors (Lipinski definition) is 7. The Bertz CT molecular complexity index is 788. The predicted octanol–water partition coefficient (Wildman–Crippen LogP) is 4.03. The van der Waals surface area contributed by atoms with Crippen molar-refractivity contribution in [2.24, 2.45) is 0 Å². The van der Waals surface area contributed by atoms with Gasteiger partial charge in [-0.15, -0.1) is 10.2 Å². The molecule has 6 nitrogen and oxygen atoms in total. The van der Waals surface area contributed by atoms with Gasteiger partial charge in [-0.05, 0) is 29.9 Å². The molecule has 27 heavy (non-hydrogen) atoms. The standard InChI is InChI=1S/C18H22N4O2S3/c1-11(2)13-5-3-12(4-6-13)9-25-17-21-22-18(27-17)26-10-15(23)20-16(24)19-14-7-8-14/h3-6,11,14H,7-10H2,1-2H3,(H2,19,20,23,24). The SMILES string of the molecule is CC(C)c1ccc(CSc2nnc(SCC(=O)NC(=O)NC3CC3)s2)cc1. The average Bonchev–Trinajstić information content (AvgIpc) is 3.33. The molecule has 0 radical (unpaired) electrons. The lowest BCUT2D eigenvalue weighted by atomic mass is 10.0. The molecule has 0 atom stereocenters. The fourth-order valence-corrected chi connectivity index (χ4v) is 4.97. The normalized spacial score (nSPS) is 13.6. The van der Waals surface area contributed by atoms with E-state index in [0.717, 1.165) is 27.3 Å². The van der Waals surface area contributed by atoms with Crippen molar-refractivity contribution >= 4 is 46.8 Å². The lowest BCUT2D eigenvalue weighted by molar-refractivity contribution is -0.117. The number of imide groups is 1. The first-order valence-corrected chi connectivity index (χ1v) is 11.6. The lowest BCUT2D eigenvalue weighted by Crippen LogP contribution is -2.41. The number of thioether (sulfide) groups is 2. The average molecular weight is 423 g/mol. The zero-order valence-corrected chi connectivity index (χ0v) is 17.7. The van der Waals surface area contributed by atoms with Crippen molar-refractivity contribution in [1.29, 1.82) is 0 Å². The van der Waals surface area contributed by atoms with Crippen LogP contribution in [0.3, 0.4) is 0 Å². The van der Waals surface area contributed by atoms with E-state index in [2.05, 4.69) is 58.9 Å². The minimum absolute atomic E-state index is 0.147. The highest BCUT2D eigenvalue weighted by Gasteiger charge is 2.23. The number of urea groups is 1. The zero-order valence-electron chi connectivity index (χ0n) is 15.2. The van der Waals surface area contributed by atoms with Gasteiger partial charge in [-0.3, -0.25) is 10.1 Å². The van der Waals surface area contributed by atoms with Gasteiger partial charge in [0.25, 0.3) is 0 Å². The molecule has 1 aromatic carbocycles. The Hall–Kier alpha value is -1.58. The molecule has 144 valence electrons. The Morgan fingerprint density at radius 3 is 2.44 bits per heavy atom. The molecule has 3 rings (SSSR count). The van der Waals surface area contributed by atoms with Crippen LogP contribution in [-0.2, 0) is 10.5 Å². The maximum atomic E-state index is 11.8. The summed E-state index contributed by atoms with van der Waals surface area (Å²) >= 11 is 4.39. The molecule has 3 amide bonds. The number of aromatic nitrogens is 2. The van der Waals surface area contributed by atoms with Crippen LogP contribution in [0, 0.1) is 0 Å². The van der Waals surface area contributed by atoms with E-state index in [0.29, 0.717) is 5.92 Å². The van der Waals surface area contributed by atoms with Crippen LogP contribution >= 0.6 is 34.9 Å². The Morgan fingerprint density at radius 2 is 1.81 bits per heavy atom. The molecule has 2 N–H and O–H groups in total. The summed E-state index contributed by atoms with van der Waals surface area (Å²) in [5.41, 5.74) is 2.58. The maximum Gasteiger partial charge on any atom is 0.321 e. The second-order valence-corrected chi connectivity index (χ2v) is 10.0. The number of nitrogens with zero attached hydrogens (tertiary/aromatic N) is 2. The number of nitrogens with one attached hydrogen (secondary N) is 2. The number of hydrogen-bond donors (Lipinski definition) is 2. The Morgan fingerprint density at radius 1 is 1.15 bits per heavy atom. The molecule has 0 aliphatic heterocycles. The molecule has 0 saturated heterocycles. The molecule has 1 aromatic heterocycles. The van der Waals surface area contributed by atoms with Crippen LogP contribution in [0.15, 0.2) is 32.9 Å². The van der Waals surface area contributed by atoms with Gasteiger partial charge in [0.1, 0.15) is 0 Å². The van der Waals surface area contributed by atoms with Gasteiger partial charge < -0.3 is 5.32 Å². The third kappa shape index (κ3) is 6.82. The van der Waals surface area contributed by atoms with E-state index >= 15 is 0 Å². The minimum atomic E-state index is -0.417. The van der Waals surface area contributed by atoms with Gasteiger partial charge in [0.05, 0.1) is 5.75 Å². The monoisotopic (exact) mass is 422 g/mol. The summed E-state index contributed by atoms with van der Waals surface area (Å²) < 4.78 is 1.60.